The molecule has 0 saturated carbocycles. The molecular formula is C25H21Cl2N3O3S. The smallest absolute Gasteiger partial charge is 0.266 e. The Morgan fingerprint density at radius 1 is 1.09 bits per heavy atom. The Morgan fingerprint density at radius 3 is 2.62 bits per heavy atom. The molecule has 9 heteroatoms. The molecule has 1 atom stereocenters. The van der Waals surface area contributed by atoms with Gasteiger partial charge >= 0.3 is 0 Å². The number of aromatic nitrogens is 1. The Morgan fingerprint density at radius 2 is 1.88 bits per heavy atom. The first-order valence-corrected chi connectivity index (χ1v) is 11.6. The molecule has 2 N–H and O–H groups in total. The quantitative estimate of drug-likeness (QED) is 0.289. The first-order chi connectivity index (χ1) is 16.2. The predicted octanol–water partition coefficient (Wildman–Crippen LogP) is 6.70. The molecule has 0 radical (unpaired) electrons. The van der Waals surface area contributed by atoms with Crippen LogP contribution in [0.25, 0.3) is 22.6 Å². The minimum atomic E-state index is -0.836. The number of hydrogen-bond donors (Lipinski definition) is 2. The van der Waals surface area contributed by atoms with E-state index in [2.05, 4.69) is 21.7 Å². The lowest BCUT2D eigenvalue weighted by Crippen LogP contribution is -2.42. The van der Waals surface area contributed by atoms with E-state index in [9.17, 15) is 4.79 Å². The SMILES string of the molecule is Cc1ccc(-c2nc3cc(NC(=S)NC(=O)C(C)Oc4ccc(Cl)cc4Cl)ccc3o2)c(C)c1. The number of hydrogen-bond acceptors (Lipinski definition) is 5. The molecule has 0 spiro atoms. The molecule has 0 bridgehead atoms. The van der Waals surface area contributed by atoms with Crippen LogP contribution in [0.5, 0.6) is 5.75 Å². The van der Waals surface area contributed by atoms with Crippen LogP contribution in [0.15, 0.2) is 59.0 Å². The van der Waals surface area contributed by atoms with Gasteiger partial charge in [0.25, 0.3) is 5.91 Å². The second-order valence-corrected chi connectivity index (χ2v) is 9.05. The van der Waals surface area contributed by atoms with Crippen molar-refractivity contribution in [2.75, 3.05) is 5.32 Å². The van der Waals surface area contributed by atoms with Crippen molar-refractivity contribution in [3.8, 4) is 17.2 Å². The Bertz CT molecular complexity index is 1400. The van der Waals surface area contributed by atoms with E-state index in [4.69, 9.17) is 44.6 Å². The first kappa shape index (κ1) is 24.0. The summed E-state index contributed by atoms with van der Waals surface area (Å²) in [5.41, 5.74) is 5.18. The van der Waals surface area contributed by atoms with Gasteiger partial charge in [0, 0.05) is 16.3 Å². The first-order valence-electron chi connectivity index (χ1n) is 10.4. The van der Waals surface area contributed by atoms with E-state index >= 15 is 0 Å². The van der Waals surface area contributed by atoms with Gasteiger partial charge < -0.3 is 14.5 Å². The van der Waals surface area contributed by atoms with Crippen LogP contribution in [0.1, 0.15) is 18.1 Å². The number of rotatable bonds is 5. The largest absolute Gasteiger partial charge is 0.479 e. The maximum Gasteiger partial charge on any atom is 0.266 e. The lowest BCUT2D eigenvalue weighted by Gasteiger charge is -2.16. The highest BCUT2D eigenvalue weighted by Gasteiger charge is 2.18. The summed E-state index contributed by atoms with van der Waals surface area (Å²) in [4.78, 5) is 17.1. The molecule has 34 heavy (non-hydrogen) atoms. The molecule has 1 unspecified atom stereocenters. The van der Waals surface area contributed by atoms with Crippen LogP contribution in [-0.4, -0.2) is 22.1 Å². The second-order valence-electron chi connectivity index (χ2n) is 7.80. The van der Waals surface area contributed by atoms with Gasteiger partial charge in [-0.2, -0.15) is 0 Å². The lowest BCUT2D eigenvalue weighted by atomic mass is 10.1. The molecule has 0 aliphatic heterocycles. The number of amides is 1. The maximum atomic E-state index is 12.5. The second kappa shape index (κ2) is 10.0. The number of oxazole rings is 1. The molecular weight excluding hydrogens is 493 g/mol. The third-order valence-electron chi connectivity index (χ3n) is 5.06. The van der Waals surface area contributed by atoms with E-state index in [1.54, 1.807) is 43.3 Å². The highest BCUT2D eigenvalue weighted by atomic mass is 35.5. The fourth-order valence-electron chi connectivity index (χ4n) is 3.36. The number of thiocarbonyl (C=S) groups is 1. The fourth-order valence-corrected chi connectivity index (χ4v) is 4.04. The molecule has 0 aliphatic carbocycles. The Labute approximate surface area is 212 Å². The van der Waals surface area contributed by atoms with E-state index in [0.717, 1.165) is 11.1 Å². The summed E-state index contributed by atoms with van der Waals surface area (Å²) in [6.45, 7) is 5.66. The predicted molar refractivity (Wildman–Crippen MR) is 140 cm³/mol. The van der Waals surface area contributed by atoms with Crippen molar-refractivity contribution in [3.05, 3.63) is 75.8 Å². The number of anilines is 1. The van der Waals surface area contributed by atoms with Gasteiger partial charge in [-0.05, 0) is 81.0 Å². The van der Waals surface area contributed by atoms with Crippen LogP contribution in [0.2, 0.25) is 10.0 Å². The summed E-state index contributed by atoms with van der Waals surface area (Å²) in [5, 5.41) is 6.52. The molecule has 0 saturated heterocycles. The van der Waals surface area contributed by atoms with E-state index in [0.29, 0.717) is 38.5 Å². The Kier molecular flexibility index (Phi) is 7.07. The lowest BCUT2D eigenvalue weighted by molar-refractivity contribution is -0.125. The molecule has 4 rings (SSSR count). The van der Waals surface area contributed by atoms with Crippen molar-refractivity contribution in [3.63, 3.8) is 0 Å². The standard InChI is InChI=1S/C25H21Cl2N3O3S/c1-13-4-7-18(14(2)10-13)24-29-20-12-17(6-9-22(20)33-24)28-25(34)30-23(31)15(3)32-21-8-5-16(26)11-19(21)27/h4-12,15H,1-3H3,(H2,28,30,31,34). The summed E-state index contributed by atoms with van der Waals surface area (Å²) in [7, 11) is 0. The number of aryl methyl sites for hydroxylation is 2. The third-order valence-corrected chi connectivity index (χ3v) is 5.80. The molecule has 4 aromatic rings. The van der Waals surface area contributed by atoms with Crippen molar-refractivity contribution in [2.45, 2.75) is 26.9 Å². The van der Waals surface area contributed by atoms with Crippen molar-refractivity contribution < 1.29 is 13.9 Å². The zero-order valence-corrected chi connectivity index (χ0v) is 20.9. The summed E-state index contributed by atoms with van der Waals surface area (Å²) in [5.74, 6) is 0.472. The molecule has 174 valence electrons. The Hall–Kier alpha value is -3.13. The molecule has 1 amide bonds. The maximum absolute atomic E-state index is 12.5. The van der Waals surface area contributed by atoms with Crippen LogP contribution in [-0.2, 0) is 4.79 Å². The van der Waals surface area contributed by atoms with Crippen LogP contribution in [0.3, 0.4) is 0 Å². The Balaban J connectivity index is 1.41. The average molecular weight is 514 g/mol. The van der Waals surface area contributed by atoms with E-state index in [-0.39, 0.29) is 5.11 Å². The van der Waals surface area contributed by atoms with Gasteiger partial charge in [0.05, 0.1) is 5.02 Å². The van der Waals surface area contributed by atoms with Crippen molar-refractivity contribution >= 4 is 63.2 Å². The summed E-state index contributed by atoms with van der Waals surface area (Å²) in [6, 6.07) is 16.3. The van der Waals surface area contributed by atoms with E-state index in [1.165, 1.54) is 5.56 Å². The minimum absolute atomic E-state index is 0.125. The number of carbonyl (C=O) groups is 1. The van der Waals surface area contributed by atoms with E-state index < -0.39 is 12.0 Å². The summed E-state index contributed by atoms with van der Waals surface area (Å²) >= 11 is 17.3. The molecule has 3 aromatic carbocycles. The monoisotopic (exact) mass is 513 g/mol. The highest BCUT2D eigenvalue weighted by molar-refractivity contribution is 7.80. The normalized spacial score (nSPS) is 11.8. The van der Waals surface area contributed by atoms with Crippen molar-refractivity contribution in [1.29, 1.82) is 0 Å². The van der Waals surface area contributed by atoms with Gasteiger partial charge in [-0.3, -0.25) is 10.1 Å². The van der Waals surface area contributed by atoms with Gasteiger partial charge in [-0.1, -0.05) is 40.9 Å². The van der Waals surface area contributed by atoms with Crippen LogP contribution >= 0.6 is 35.4 Å². The molecule has 0 fully saturated rings. The average Bonchev–Trinajstić information content (AvgIpc) is 3.18. The zero-order valence-electron chi connectivity index (χ0n) is 18.6. The highest BCUT2D eigenvalue weighted by Crippen LogP contribution is 2.29. The fraction of sp³-hybridized carbons (Fsp3) is 0.160. The summed E-state index contributed by atoms with van der Waals surface area (Å²) in [6.07, 6.45) is -0.836. The van der Waals surface area contributed by atoms with Gasteiger partial charge in [0.15, 0.2) is 16.8 Å². The number of ether oxygens (including phenoxy) is 1. The van der Waals surface area contributed by atoms with Gasteiger partial charge in [0.2, 0.25) is 5.89 Å². The number of benzene rings is 3. The molecule has 0 aliphatic rings. The minimum Gasteiger partial charge on any atom is -0.479 e. The molecule has 1 heterocycles. The number of fused-ring (bicyclic) bond motifs is 1. The number of nitrogens with one attached hydrogen (secondary N) is 2. The van der Waals surface area contributed by atoms with Crippen LogP contribution in [0.4, 0.5) is 5.69 Å². The van der Waals surface area contributed by atoms with Crippen molar-refractivity contribution in [1.82, 2.24) is 10.3 Å². The zero-order chi connectivity index (χ0) is 24.4. The number of carbonyl (C=O) groups excluding carboxylic acids is 1. The topological polar surface area (TPSA) is 76.4 Å². The van der Waals surface area contributed by atoms with E-state index in [1.807, 2.05) is 26.0 Å². The van der Waals surface area contributed by atoms with Crippen LogP contribution < -0.4 is 15.4 Å². The summed E-state index contributed by atoms with van der Waals surface area (Å²) < 4.78 is 11.5. The van der Waals surface area contributed by atoms with Gasteiger partial charge in [-0.25, -0.2) is 4.98 Å². The van der Waals surface area contributed by atoms with Crippen LogP contribution in [0, 0.1) is 13.8 Å². The number of halogens is 2. The number of nitrogens with zero attached hydrogens (tertiary/aromatic N) is 1. The van der Waals surface area contributed by atoms with Crippen molar-refractivity contribution in [2.24, 2.45) is 0 Å². The molecule has 6 nitrogen and oxygen atoms in total. The van der Waals surface area contributed by atoms with Gasteiger partial charge in [-0.15, -0.1) is 0 Å². The van der Waals surface area contributed by atoms with Gasteiger partial charge in [0.1, 0.15) is 11.3 Å². The third kappa shape index (κ3) is 5.50. The molecule has 1 aromatic heterocycles.